The standard InChI is InChI=1S/C13H11BrF3NO3S/c1-7(19)22-9-5-12(20)18(6-9)11-3-2-8(4-10(11)14)21-13(15,16)17/h2-4,9H,5-6H2,1H3. The van der Waals surface area contributed by atoms with E-state index in [1.165, 1.54) is 17.9 Å². The number of benzene rings is 1. The number of rotatable bonds is 3. The highest BCUT2D eigenvalue weighted by molar-refractivity contribution is 9.10. The van der Waals surface area contributed by atoms with Crippen LogP contribution < -0.4 is 9.64 Å². The molecule has 1 aliphatic heterocycles. The molecular formula is C13H11BrF3NO3S. The molecule has 1 amide bonds. The Kier molecular flexibility index (Phi) is 5.06. The van der Waals surface area contributed by atoms with Crippen molar-refractivity contribution in [1.82, 2.24) is 0 Å². The predicted octanol–water partition coefficient (Wildman–Crippen LogP) is 3.73. The number of thioether (sulfide) groups is 1. The average Bonchev–Trinajstić information content (AvgIpc) is 2.67. The second kappa shape index (κ2) is 6.49. The summed E-state index contributed by atoms with van der Waals surface area (Å²) in [5, 5.41) is -0.226. The molecule has 0 radical (unpaired) electrons. The van der Waals surface area contributed by atoms with Crippen LogP contribution in [0.3, 0.4) is 0 Å². The largest absolute Gasteiger partial charge is 0.573 e. The van der Waals surface area contributed by atoms with E-state index in [9.17, 15) is 22.8 Å². The summed E-state index contributed by atoms with van der Waals surface area (Å²) in [7, 11) is 0. The molecule has 0 saturated carbocycles. The first-order valence-electron chi connectivity index (χ1n) is 6.18. The van der Waals surface area contributed by atoms with Crippen molar-refractivity contribution in [2.24, 2.45) is 0 Å². The monoisotopic (exact) mass is 397 g/mol. The van der Waals surface area contributed by atoms with Gasteiger partial charge in [-0.3, -0.25) is 9.59 Å². The van der Waals surface area contributed by atoms with Crippen LogP contribution in [-0.2, 0) is 9.59 Å². The van der Waals surface area contributed by atoms with Gasteiger partial charge in [-0.15, -0.1) is 13.2 Å². The quantitative estimate of drug-likeness (QED) is 0.779. The summed E-state index contributed by atoms with van der Waals surface area (Å²) in [5.41, 5.74) is 0.450. The summed E-state index contributed by atoms with van der Waals surface area (Å²) in [6.45, 7) is 1.76. The molecule has 1 unspecified atom stereocenters. The van der Waals surface area contributed by atoms with Crippen LogP contribution in [0.25, 0.3) is 0 Å². The molecule has 0 aliphatic carbocycles. The Morgan fingerprint density at radius 3 is 2.68 bits per heavy atom. The number of halogens is 4. The maximum absolute atomic E-state index is 12.2. The lowest BCUT2D eigenvalue weighted by molar-refractivity contribution is -0.274. The third kappa shape index (κ3) is 4.39. The molecule has 22 heavy (non-hydrogen) atoms. The number of hydrogen-bond donors (Lipinski definition) is 0. The lowest BCUT2D eigenvalue weighted by Gasteiger charge is -2.19. The minimum atomic E-state index is -4.77. The normalized spacial score (nSPS) is 18.7. The Labute approximate surface area is 137 Å². The summed E-state index contributed by atoms with van der Waals surface area (Å²) in [6, 6.07) is 3.68. The second-order valence-electron chi connectivity index (χ2n) is 4.60. The van der Waals surface area contributed by atoms with Gasteiger partial charge in [0.2, 0.25) is 5.91 Å². The van der Waals surface area contributed by atoms with E-state index in [4.69, 9.17) is 0 Å². The first-order valence-corrected chi connectivity index (χ1v) is 7.86. The minimum absolute atomic E-state index is 0.0763. The van der Waals surface area contributed by atoms with Crippen LogP contribution in [0.2, 0.25) is 0 Å². The molecule has 0 N–H and O–H groups in total. The van der Waals surface area contributed by atoms with Gasteiger partial charge in [0, 0.05) is 29.6 Å². The van der Waals surface area contributed by atoms with E-state index in [2.05, 4.69) is 20.7 Å². The molecule has 1 atom stereocenters. The van der Waals surface area contributed by atoms with Gasteiger partial charge in [0.15, 0.2) is 5.12 Å². The van der Waals surface area contributed by atoms with E-state index in [1.807, 2.05) is 0 Å². The first kappa shape index (κ1) is 17.1. The van der Waals surface area contributed by atoms with Crippen molar-refractivity contribution in [3.8, 4) is 5.75 Å². The Hall–Kier alpha value is -1.22. The average molecular weight is 398 g/mol. The van der Waals surface area contributed by atoms with Crippen molar-refractivity contribution in [3.05, 3.63) is 22.7 Å². The molecule has 1 aromatic rings. The van der Waals surface area contributed by atoms with E-state index >= 15 is 0 Å². The van der Waals surface area contributed by atoms with Gasteiger partial charge in [-0.05, 0) is 34.1 Å². The lowest BCUT2D eigenvalue weighted by Crippen LogP contribution is -2.25. The molecule has 9 heteroatoms. The Balaban J connectivity index is 2.16. The zero-order valence-corrected chi connectivity index (χ0v) is 13.7. The molecule has 1 aliphatic rings. The number of anilines is 1. The van der Waals surface area contributed by atoms with Crippen molar-refractivity contribution >= 4 is 44.4 Å². The van der Waals surface area contributed by atoms with Crippen LogP contribution in [-0.4, -0.2) is 29.2 Å². The zero-order chi connectivity index (χ0) is 16.5. The molecular weight excluding hydrogens is 387 g/mol. The van der Waals surface area contributed by atoms with Gasteiger partial charge in [-0.25, -0.2) is 0 Å². The lowest BCUT2D eigenvalue weighted by atomic mass is 10.3. The minimum Gasteiger partial charge on any atom is -0.406 e. The molecule has 0 bridgehead atoms. The fraction of sp³-hybridized carbons (Fsp3) is 0.385. The summed E-state index contributed by atoms with van der Waals surface area (Å²) in [5.74, 6) is -0.548. The Morgan fingerprint density at radius 2 is 2.14 bits per heavy atom. The topological polar surface area (TPSA) is 46.6 Å². The second-order valence-corrected chi connectivity index (χ2v) is 6.93. The molecule has 120 valence electrons. The summed E-state index contributed by atoms with van der Waals surface area (Å²) >= 11 is 4.24. The Bertz CT molecular complexity index is 609. The number of carbonyl (C=O) groups is 2. The van der Waals surface area contributed by atoms with Crippen molar-refractivity contribution in [2.75, 3.05) is 11.4 Å². The van der Waals surface area contributed by atoms with E-state index < -0.39 is 6.36 Å². The number of carbonyl (C=O) groups excluding carboxylic acids is 2. The molecule has 0 spiro atoms. The van der Waals surface area contributed by atoms with Gasteiger partial charge in [0.1, 0.15) is 5.75 Å². The van der Waals surface area contributed by atoms with Gasteiger partial charge in [-0.2, -0.15) is 0 Å². The zero-order valence-electron chi connectivity index (χ0n) is 11.3. The number of alkyl halides is 3. The van der Waals surface area contributed by atoms with Crippen molar-refractivity contribution in [1.29, 1.82) is 0 Å². The number of nitrogens with zero attached hydrogens (tertiary/aromatic N) is 1. The summed E-state index contributed by atoms with van der Waals surface area (Å²) < 4.78 is 40.7. The smallest absolute Gasteiger partial charge is 0.406 e. The van der Waals surface area contributed by atoms with Gasteiger partial charge in [-0.1, -0.05) is 11.8 Å². The highest BCUT2D eigenvalue weighted by atomic mass is 79.9. The van der Waals surface area contributed by atoms with E-state index in [1.54, 1.807) is 0 Å². The van der Waals surface area contributed by atoms with Crippen LogP contribution in [0.4, 0.5) is 18.9 Å². The fourth-order valence-electron chi connectivity index (χ4n) is 2.12. The molecule has 1 fully saturated rings. The van der Waals surface area contributed by atoms with Crippen LogP contribution >= 0.6 is 27.7 Å². The summed E-state index contributed by atoms with van der Waals surface area (Å²) in [4.78, 5) is 24.5. The highest BCUT2D eigenvalue weighted by Crippen LogP contribution is 2.36. The van der Waals surface area contributed by atoms with E-state index in [0.29, 0.717) is 16.7 Å². The molecule has 0 aromatic heterocycles. The predicted molar refractivity (Wildman–Crippen MR) is 79.9 cm³/mol. The fourth-order valence-corrected chi connectivity index (χ4v) is 3.62. The van der Waals surface area contributed by atoms with E-state index in [0.717, 1.165) is 23.9 Å². The number of hydrogen-bond acceptors (Lipinski definition) is 4. The van der Waals surface area contributed by atoms with Gasteiger partial charge in [0.05, 0.1) is 5.69 Å². The van der Waals surface area contributed by atoms with Gasteiger partial charge >= 0.3 is 6.36 Å². The first-order chi connectivity index (χ1) is 10.2. The van der Waals surface area contributed by atoms with Crippen molar-refractivity contribution < 1.29 is 27.5 Å². The Morgan fingerprint density at radius 1 is 1.45 bits per heavy atom. The third-order valence-electron chi connectivity index (χ3n) is 2.87. The van der Waals surface area contributed by atoms with Gasteiger partial charge in [0.25, 0.3) is 0 Å². The third-order valence-corrected chi connectivity index (χ3v) is 4.48. The summed E-state index contributed by atoms with van der Waals surface area (Å²) in [6.07, 6.45) is -4.55. The number of amides is 1. The maximum atomic E-state index is 12.2. The molecule has 4 nitrogen and oxygen atoms in total. The van der Waals surface area contributed by atoms with Gasteiger partial charge < -0.3 is 9.64 Å². The van der Waals surface area contributed by atoms with Crippen LogP contribution in [0.1, 0.15) is 13.3 Å². The SMILES string of the molecule is CC(=O)SC1CC(=O)N(c2ccc(OC(F)(F)F)cc2Br)C1. The van der Waals surface area contributed by atoms with Crippen molar-refractivity contribution in [3.63, 3.8) is 0 Å². The molecule has 1 aromatic carbocycles. The van der Waals surface area contributed by atoms with Crippen LogP contribution in [0.5, 0.6) is 5.75 Å². The maximum Gasteiger partial charge on any atom is 0.573 e. The van der Waals surface area contributed by atoms with Crippen LogP contribution in [0.15, 0.2) is 22.7 Å². The molecule has 2 rings (SSSR count). The molecule has 1 saturated heterocycles. The highest BCUT2D eigenvalue weighted by Gasteiger charge is 2.34. The van der Waals surface area contributed by atoms with Crippen LogP contribution in [0, 0.1) is 0 Å². The number of ether oxygens (including phenoxy) is 1. The molecule has 1 heterocycles. The van der Waals surface area contributed by atoms with Crippen molar-refractivity contribution in [2.45, 2.75) is 25.0 Å². The van der Waals surface area contributed by atoms with E-state index in [-0.39, 0.29) is 28.4 Å².